The molecule has 1 aromatic heterocycles. The molecule has 0 saturated heterocycles. The Hall–Kier alpha value is -4.12. The van der Waals surface area contributed by atoms with E-state index in [1.54, 1.807) is 25.3 Å². The summed E-state index contributed by atoms with van der Waals surface area (Å²) in [6.07, 6.45) is 3.44. The smallest absolute Gasteiger partial charge is 0.335 e. The molecule has 0 bridgehead atoms. The van der Waals surface area contributed by atoms with Gasteiger partial charge in [-0.3, -0.25) is 14.2 Å². The predicted molar refractivity (Wildman–Crippen MR) is 125 cm³/mol. The molecule has 1 amide bonds. The minimum atomic E-state index is -0.721. The third-order valence-corrected chi connectivity index (χ3v) is 5.22. The Kier molecular flexibility index (Phi) is 7.82. The van der Waals surface area contributed by atoms with Gasteiger partial charge in [-0.25, -0.2) is 9.36 Å². The van der Waals surface area contributed by atoms with Gasteiger partial charge in [0.2, 0.25) is 0 Å². The quantitative estimate of drug-likeness (QED) is 0.544. The molecule has 33 heavy (non-hydrogen) atoms. The Bertz CT molecular complexity index is 1300. The van der Waals surface area contributed by atoms with Gasteiger partial charge in [0.05, 0.1) is 24.4 Å². The predicted octanol–water partition coefficient (Wildman–Crippen LogP) is 2.65. The molecule has 2 aromatic carbocycles. The van der Waals surface area contributed by atoms with Crippen molar-refractivity contribution >= 4 is 5.91 Å². The van der Waals surface area contributed by atoms with Crippen molar-refractivity contribution in [1.29, 1.82) is 5.26 Å². The van der Waals surface area contributed by atoms with Crippen molar-refractivity contribution < 1.29 is 9.53 Å². The molecule has 1 N–H and O–H groups in total. The molecule has 8 heteroatoms. The van der Waals surface area contributed by atoms with Crippen LogP contribution >= 0.6 is 0 Å². The average Bonchev–Trinajstić information content (AvgIpc) is 2.84. The van der Waals surface area contributed by atoms with E-state index in [0.29, 0.717) is 31.5 Å². The minimum Gasteiger partial charge on any atom is -0.497 e. The van der Waals surface area contributed by atoms with Crippen molar-refractivity contribution in [2.75, 3.05) is 13.7 Å². The molecular weight excluding hydrogens is 420 g/mol. The summed E-state index contributed by atoms with van der Waals surface area (Å²) in [5.74, 6) is 0.169. The zero-order valence-corrected chi connectivity index (χ0v) is 18.7. The first kappa shape index (κ1) is 23.5. The normalized spacial score (nSPS) is 10.5. The van der Waals surface area contributed by atoms with Crippen LogP contribution < -0.4 is 21.3 Å². The number of carbonyl (C=O) groups excluding carboxylic acids is 1. The number of benzene rings is 2. The van der Waals surface area contributed by atoms with E-state index in [1.807, 2.05) is 37.3 Å². The lowest BCUT2D eigenvalue weighted by Gasteiger charge is -2.13. The van der Waals surface area contributed by atoms with Gasteiger partial charge in [0.1, 0.15) is 11.3 Å². The van der Waals surface area contributed by atoms with Crippen molar-refractivity contribution in [2.45, 2.75) is 32.7 Å². The van der Waals surface area contributed by atoms with E-state index in [9.17, 15) is 19.6 Å². The molecular formula is C25H26N4O4. The molecule has 1 heterocycles. The molecule has 3 aromatic rings. The summed E-state index contributed by atoms with van der Waals surface area (Å²) in [5.41, 5.74) is 0.151. The van der Waals surface area contributed by atoms with Gasteiger partial charge in [0, 0.05) is 19.3 Å². The van der Waals surface area contributed by atoms with Crippen molar-refractivity contribution in [1.82, 2.24) is 14.5 Å². The number of aryl methyl sites for hydroxylation is 1. The Labute approximate surface area is 191 Å². The van der Waals surface area contributed by atoms with Gasteiger partial charge < -0.3 is 10.1 Å². The SMILES string of the molecule is CCCCn1cc(C(=O)NCCc2cccc(OC)c2)c(=O)n(-c2cccc(C#N)c2)c1=O. The Balaban J connectivity index is 1.93. The number of aromatic nitrogens is 2. The summed E-state index contributed by atoms with van der Waals surface area (Å²) < 4.78 is 7.54. The van der Waals surface area contributed by atoms with Gasteiger partial charge in [-0.2, -0.15) is 5.26 Å². The van der Waals surface area contributed by atoms with Gasteiger partial charge in [-0.15, -0.1) is 0 Å². The summed E-state index contributed by atoms with van der Waals surface area (Å²) in [4.78, 5) is 39.1. The summed E-state index contributed by atoms with van der Waals surface area (Å²) in [6, 6.07) is 15.7. The fourth-order valence-electron chi connectivity index (χ4n) is 3.43. The molecule has 0 aliphatic heterocycles. The van der Waals surface area contributed by atoms with Crippen molar-refractivity contribution in [2.24, 2.45) is 0 Å². The lowest BCUT2D eigenvalue weighted by atomic mass is 10.1. The van der Waals surface area contributed by atoms with E-state index < -0.39 is 17.2 Å². The molecule has 0 aliphatic rings. The van der Waals surface area contributed by atoms with Crippen LogP contribution in [0, 0.1) is 11.3 Å². The molecule has 0 atom stereocenters. The largest absolute Gasteiger partial charge is 0.497 e. The Morgan fingerprint density at radius 3 is 2.67 bits per heavy atom. The highest BCUT2D eigenvalue weighted by Gasteiger charge is 2.18. The van der Waals surface area contributed by atoms with Crippen LogP contribution in [0.3, 0.4) is 0 Å². The average molecular weight is 447 g/mol. The van der Waals surface area contributed by atoms with Gasteiger partial charge in [-0.05, 0) is 48.7 Å². The minimum absolute atomic E-state index is 0.126. The molecule has 0 unspecified atom stereocenters. The second-order valence-corrected chi connectivity index (χ2v) is 7.53. The zero-order valence-electron chi connectivity index (χ0n) is 18.7. The highest BCUT2D eigenvalue weighted by Crippen LogP contribution is 2.12. The molecule has 0 saturated carbocycles. The molecule has 3 rings (SSSR count). The number of rotatable bonds is 9. The summed E-state index contributed by atoms with van der Waals surface area (Å²) in [6.45, 7) is 2.67. The third kappa shape index (κ3) is 5.57. The number of hydrogen-bond acceptors (Lipinski definition) is 5. The van der Waals surface area contributed by atoms with Crippen molar-refractivity contribution in [3.05, 3.63) is 92.3 Å². The number of ether oxygens (including phenoxy) is 1. The fraction of sp³-hybridized carbons (Fsp3) is 0.280. The second kappa shape index (κ2) is 11.0. The van der Waals surface area contributed by atoms with E-state index in [0.717, 1.165) is 22.3 Å². The number of nitrogens with zero attached hydrogens (tertiary/aromatic N) is 3. The van der Waals surface area contributed by atoms with Crippen LogP contribution in [-0.2, 0) is 13.0 Å². The molecule has 0 radical (unpaired) electrons. The van der Waals surface area contributed by atoms with Crippen LogP contribution in [-0.4, -0.2) is 28.7 Å². The van der Waals surface area contributed by atoms with Crippen LogP contribution in [0.1, 0.15) is 41.3 Å². The number of methoxy groups -OCH3 is 1. The molecule has 0 fully saturated rings. The van der Waals surface area contributed by atoms with Crippen LogP contribution in [0.25, 0.3) is 5.69 Å². The first-order valence-corrected chi connectivity index (χ1v) is 10.8. The highest BCUT2D eigenvalue weighted by molar-refractivity contribution is 5.93. The van der Waals surface area contributed by atoms with Crippen LogP contribution in [0.2, 0.25) is 0 Å². The highest BCUT2D eigenvalue weighted by atomic mass is 16.5. The van der Waals surface area contributed by atoms with E-state index in [-0.39, 0.29) is 11.3 Å². The number of hydrogen-bond donors (Lipinski definition) is 1. The van der Waals surface area contributed by atoms with E-state index in [2.05, 4.69) is 5.32 Å². The lowest BCUT2D eigenvalue weighted by Crippen LogP contribution is -2.43. The first-order valence-electron chi connectivity index (χ1n) is 10.8. The molecule has 0 spiro atoms. The lowest BCUT2D eigenvalue weighted by molar-refractivity contribution is 0.0951. The molecule has 170 valence electrons. The second-order valence-electron chi connectivity index (χ2n) is 7.53. The number of amides is 1. The van der Waals surface area contributed by atoms with Crippen molar-refractivity contribution in [3.63, 3.8) is 0 Å². The summed E-state index contributed by atoms with van der Waals surface area (Å²) >= 11 is 0. The van der Waals surface area contributed by atoms with E-state index in [1.165, 1.54) is 16.8 Å². The first-order chi connectivity index (χ1) is 16.0. The van der Waals surface area contributed by atoms with Gasteiger partial charge in [0.15, 0.2) is 0 Å². The maximum Gasteiger partial charge on any atom is 0.335 e. The van der Waals surface area contributed by atoms with Crippen LogP contribution in [0.15, 0.2) is 64.3 Å². The maximum atomic E-state index is 13.2. The number of nitrogens with one attached hydrogen (secondary N) is 1. The number of nitriles is 1. The van der Waals surface area contributed by atoms with Gasteiger partial charge in [-0.1, -0.05) is 31.5 Å². The number of carbonyl (C=O) groups is 1. The Morgan fingerprint density at radius 2 is 1.94 bits per heavy atom. The van der Waals surface area contributed by atoms with Gasteiger partial charge in [0.25, 0.3) is 11.5 Å². The summed E-state index contributed by atoms with van der Waals surface area (Å²) in [5, 5.41) is 12.0. The molecule has 8 nitrogen and oxygen atoms in total. The van der Waals surface area contributed by atoms with E-state index in [4.69, 9.17) is 4.74 Å². The third-order valence-electron chi connectivity index (χ3n) is 5.22. The van der Waals surface area contributed by atoms with Crippen LogP contribution in [0.4, 0.5) is 0 Å². The Morgan fingerprint density at radius 1 is 1.15 bits per heavy atom. The fourth-order valence-corrected chi connectivity index (χ4v) is 3.43. The van der Waals surface area contributed by atoms with Gasteiger partial charge >= 0.3 is 5.69 Å². The van der Waals surface area contributed by atoms with E-state index >= 15 is 0 Å². The monoisotopic (exact) mass is 446 g/mol. The summed E-state index contributed by atoms with van der Waals surface area (Å²) in [7, 11) is 1.59. The maximum absolute atomic E-state index is 13.2. The number of unbranched alkanes of at least 4 members (excludes halogenated alkanes) is 1. The standard InChI is InChI=1S/C25H26N4O4/c1-3-4-13-28-17-22(23(30)27-12-11-18-7-6-10-21(15-18)33-2)24(31)29(25(28)32)20-9-5-8-19(14-20)16-26/h5-10,14-15,17H,3-4,11-13H2,1-2H3,(H,27,30). The van der Waals surface area contributed by atoms with Crippen LogP contribution in [0.5, 0.6) is 5.75 Å². The topological polar surface area (TPSA) is 106 Å². The molecule has 0 aliphatic carbocycles. The zero-order chi connectivity index (χ0) is 23.8. The van der Waals surface area contributed by atoms with Crippen molar-refractivity contribution in [3.8, 4) is 17.5 Å².